The quantitative estimate of drug-likeness (QED) is 0.0403. The van der Waals surface area contributed by atoms with E-state index in [4.69, 9.17) is 28.4 Å². The average molecular weight is 1870 g/mol. The van der Waals surface area contributed by atoms with Crippen molar-refractivity contribution in [3.05, 3.63) is 267 Å². The number of aromatic nitrogens is 3. The van der Waals surface area contributed by atoms with Crippen LogP contribution in [0.25, 0.3) is 32.7 Å². The second-order valence-electron chi connectivity index (χ2n) is 38.8. The first-order valence-corrected chi connectivity index (χ1v) is 50.3. The predicted octanol–water partition coefficient (Wildman–Crippen LogP) is 16.9. The number of piperazine rings is 6. The SMILES string of the molecule is COc1ccc(CCN2CCN(C(=O)c3ccc(Oc4ccc5c(c4)c(C)c(C)n5CCCN4CCN(C)CC4)cc3)CC2)cc1.Cc1c(C)n(CCCN2CCN(C)CC2)c2ccc(Oc3ccc(C(=O)N4CCN(CCc5ccc(F)cc5)CC4)cc3)cc12.Cc1c(C)n(CCCN2CCN(C)CC2)c2ccc(Oc3ccc(C(=O)N4CCN(CCc5ccc6c(c5)OCO6)CC4)cc3)cc12. The Labute approximate surface area is 815 Å². The Morgan fingerprint density at radius 3 is 0.891 bits per heavy atom. The maximum absolute atomic E-state index is 13.3. The fourth-order valence-electron chi connectivity index (χ4n) is 20.4. The molecule has 3 amide bonds. The number of amides is 3. The number of nitrogens with zero attached hydrogens (tertiary/aromatic N) is 15. The van der Waals surface area contributed by atoms with Crippen molar-refractivity contribution in [2.24, 2.45) is 0 Å². The molecule has 9 aromatic carbocycles. The fraction of sp³-hybridized carbons (Fsp3) is 0.442. The largest absolute Gasteiger partial charge is 0.497 e. The summed E-state index contributed by atoms with van der Waals surface area (Å²) in [6.45, 7) is 46.5. The second kappa shape index (κ2) is 46.4. The van der Waals surface area contributed by atoms with Crippen LogP contribution in [0.5, 0.6) is 51.7 Å². The van der Waals surface area contributed by atoms with Gasteiger partial charge in [0.25, 0.3) is 17.7 Å². The summed E-state index contributed by atoms with van der Waals surface area (Å²) < 4.78 is 55.5. The van der Waals surface area contributed by atoms with Crippen molar-refractivity contribution < 1.29 is 47.2 Å². The van der Waals surface area contributed by atoms with Crippen molar-refractivity contribution in [1.29, 1.82) is 0 Å². The van der Waals surface area contributed by atoms with E-state index in [1.54, 1.807) is 7.11 Å². The van der Waals surface area contributed by atoms with Gasteiger partial charge in [-0.15, -0.1) is 0 Å². The summed E-state index contributed by atoms with van der Waals surface area (Å²) in [5.41, 5.74) is 17.4. The van der Waals surface area contributed by atoms with Gasteiger partial charge in [-0.3, -0.25) is 29.1 Å². The van der Waals surface area contributed by atoms with E-state index in [2.05, 4.69) is 193 Å². The van der Waals surface area contributed by atoms with Gasteiger partial charge in [0.05, 0.1) is 7.11 Å². The zero-order valence-corrected chi connectivity index (χ0v) is 83.0. The highest BCUT2D eigenvalue weighted by Gasteiger charge is 2.29. The third-order valence-electron chi connectivity index (χ3n) is 29.8. The molecule has 0 aliphatic carbocycles. The summed E-state index contributed by atoms with van der Waals surface area (Å²) in [5, 5.41) is 3.71. The van der Waals surface area contributed by atoms with E-state index in [9.17, 15) is 18.8 Å². The molecule has 0 saturated carbocycles. The van der Waals surface area contributed by atoms with Gasteiger partial charge in [0, 0.05) is 263 Å². The molecule has 10 heterocycles. The van der Waals surface area contributed by atoms with Crippen LogP contribution in [0.3, 0.4) is 0 Å². The van der Waals surface area contributed by atoms with Crippen LogP contribution in [-0.4, -0.2) is 322 Å². The van der Waals surface area contributed by atoms with Crippen LogP contribution in [0.2, 0.25) is 0 Å². The molecule has 0 atom stereocenters. The minimum atomic E-state index is -0.203. The molecule has 6 fully saturated rings. The molecule has 0 bridgehead atoms. The molecule has 24 nitrogen and oxygen atoms in total. The monoisotopic (exact) mass is 1870 g/mol. The molecule has 25 heteroatoms. The minimum absolute atomic E-state index is 0.0567. The molecular formula is C113H142FN15O9. The number of rotatable bonds is 31. The third-order valence-corrected chi connectivity index (χ3v) is 29.8. The maximum Gasteiger partial charge on any atom is 0.253 e. The zero-order chi connectivity index (χ0) is 95.7. The lowest BCUT2D eigenvalue weighted by Crippen LogP contribution is -2.49. The topological polar surface area (TPSA) is 160 Å². The van der Waals surface area contributed by atoms with E-state index in [0.717, 1.165) is 273 Å². The van der Waals surface area contributed by atoms with Gasteiger partial charge in [0.2, 0.25) is 6.79 Å². The Morgan fingerprint density at radius 2 is 0.565 bits per heavy atom. The molecule has 19 rings (SSSR count). The molecule has 7 aliphatic rings. The molecule has 0 spiro atoms. The van der Waals surface area contributed by atoms with Crippen LogP contribution in [0.15, 0.2) is 194 Å². The molecule has 138 heavy (non-hydrogen) atoms. The lowest BCUT2D eigenvalue weighted by Gasteiger charge is -2.34. The van der Waals surface area contributed by atoms with Crippen molar-refractivity contribution in [1.82, 2.24) is 72.5 Å². The average Bonchev–Trinajstić information content (AvgIpc) is 1.63. The molecule has 0 N–H and O–H groups in total. The van der Waals surface area contributed by atoms with E-state index in [0.29, 0.717) is 36.6 Å². The first kappa shape index (κ1) is 98.0. The number of hydrogen-bond donors (Lipinski definition) is 0. The number of aryl methyl sites for hydroxylation is 6. The zero-order valence-electron chi connectivity index (χ0n) is 83.0. The molecular weight excluding hydrogens is 1730 g/mol. The number of benzene rings is 9. The van der Waals surface area contributed by atoms with E-state index >= 15 is 0 Å². The molecule has 3 aromatic heterocycles. The summed E-state index contributed by atoms with van der Waals surface area (Å²) in [7, 11) is 8.31. The summed E-state index contributed by atoms with van der Waals surface area (Å²) >= 11 is 0. The van der Waals surface area contributed by atoms with Crippen molar-refractivity contribution in [3.63, 3.8) is 0 Å². The number of carbonyl (C=O) groups excluding carboxylic acids is 3. The van der Waals surface area contributed by atoms with Gasteiger partial charge in [-0.1, -0.05) is 30.3 Å². The van der Waals surface area contributed by atoms with Gasteiger partial charge >= 0.3 is 0 Å². The first-order valence-electron chi connectivity index (χ1n) is 50.3. The van der Waals surface area contributed by atoms with Crippen molar-refractivity contribution in [3.8, 4) is 51.7 Å². The molecule has 0 radical (unpaired) electrons. The van der Waals surface area contributed by atoms with Gasteiger partial charge in [-0.25, -0.2) is 4.39 Å². The van der Waals surface area contributed by atoms with E-state index in [1.165, 1.54) is 116 Å². The van der Waals surface area contributed by atoms with Crippen molar-refractivity contribution >= 4 is 50.4 Å². The lowest BCUT2D eigenvalue weighted by atomic mass is 10.1. The van der Waals surface area contributed by atoms with E-state index < -0.39 is 0 Å². The van der Waals surface area contributed by atoms with Crippen LogP contribution in [-0.2, 0) is 38.9 Å². The Hall–Kier alpha value is -11.6. The van der Waals surface area contributed by atoms with Gasteiger partial charge < -0.3 is 86.2 Å². The van der Waals surface area contributed by atoms with Gasteiger partial charge in [-0.05, 0) is 318 Å². The molecule has 6 saturated heterocycles. The van der Waals surface area contributed by atoms with Crippen LogP contribution in [0.1, 0.15) is 101 Å². The normalized spacial score (nSPS) is 17.0. The highest BCUT2D eigenvalue weighted by atomic mass is 19.1. The number of likely N-dealkylation sites (N-methyl/N-ethyl adjacent to an activating group) is 3. The number of halogens is 1. The van der Waals surface area contributed by atoms with Crippen molar-refractivity contribution in [2.45, 2.75) is 99.7 Å². The Bertz CT molecular complexity index is 6050. The standard InChI is InChI=1S/C38H47N5O4.C38H49N5O3.C37H46FN5O2/c1-28-29(2)43(15-4-14-40-19-17-39(3)18-20-40)35-11-10-33(26-34(28)35)47-32-8-6-31(7-9-32)38(44)42-23-21-41(22-24-42)16-13-30-5-12-36-37(25-30)46-27-45-36;1-29-30(2)43(18-5-17-40-22-20-39(3)21-23-40)37-15-14-35(28-36(29)37)46-34-12-8-32(9-13-34)38(44)42-26-24-41(25-27-42)19-16-31-6-10-33(45-4)11-7-31;1-28-29(2)43(17-4-16-40-21-19-39(3)20-22-40)36-14-13-34(27-35(28)36)45-33-11-7-31(8-12-33)37(44)42-25-23-41(24-26-42)18-15-30-5-9-32(38)10-6-30/h5-12,25-26H,4,13-24,27H2,1-3H3;6-15,28H,5,16-27H2,1-4H3;5-14,27H,4,15-26H2,1-3H3. The Morgan fingerprint density at radius 1 is 0.290 bits per heavy atom. The second-order valence-corrected chi connectivity index (χ2v) is 38.8. The van der Waals surface area contributed by atoms with Gasteiger partial charge in [-0.2, -0.15) is 0 Å². The number of ether oxygens (including phenoxy) is 6. The number of methoxy groups -OCH3 is 1. The minimum Gasteiger partial charge on any atom is -0.497 e. The summed E-state index contributed by atoms with van der Waals surface area (Å²) in [5.74, 6) is 7.17. The number of carbonyl (C=O) groups is 3. The highest BCUT2D eigenvalue weighted by molar-refractivity contribution is 5.96. The third kappa shape index (κ3) is 25.0. The van der Waals surface area contributed by atoms with Crippen LogP contribution >= 0.6 is 0 Å². The summed E-state index contributed by atoms with van der Waals surface area (Å²) in [6.07, 6.45) is 6.26. The van der Waals surface area contributed by atoms with Crippen molar-refractivity contribution in [2.75, 3.05) is 231 Å². The van der Waals surface area contributed by atoms with Gasteiger partial charge in [0.1, 0.15) is 46.1 Å². The number of hydrogen-bond acceptors (Lipinski definition) is 18. The predicted molar refractivity (Wildman–Crippen MR) is 550 cm³/mol. The summed E-state index contributed by atoms with van der Waals surface area (Å²) in [4.78, 5) is 67.8. The first-order chi connectivity index (χ1) is 67.1. The van der Waals surface area contributed by atoms with Crippen LogP contribution < -0.4 is 28.4 Å². The molecule has 730 valence electrons. The van der Waals surface area contributed by atoms with Gasteiger partial charge in [0.15, 0.2) is 11.5 Å². The summed E-state index contributed by atoms with van der Waals surface area (Å²) in [6, 6.07) is 63.0. The smallest absolute Gasteiger partial charge is 0.253 e. The van der Waals surface area contributed by atoms with Crippen LogP contribution in [0, 0.1) is 47.4 Å². The van der Waals surface area contributed by atoms with E-state index in [-0.39, 0.29) is 23.5 Å². The Kier molecular flexibility index (Phi) is 33.0. The maximum atomic E-state index is 13.3. The van der Waals surface area contributed by atoms with Crippen LogP contribution in [0.4, 0.5) is 4.39 Å². The fourth-order valence-corrected chi connectivity index (χ4v) is 20.4. The molecule has 0 unspecified atom stereocenters. The Balaban J connectivity index is 0.000000143. The highest BCUT2D eigenvalue weighted by Crippen LogP contribution is 2.38. The molecule has 12 aromatic rings. The molecule has 7 aliphatic heterocycles. The van der Waals surface area contributed by atoms with E-state index in [1.807, 2.05) is 124 Å². The number of fused-ring (bicyclic) bond motifs is 4. The lowest BCUT2D eigenvalue weighted by molar-refractivity contribution is 0.0632.